The second-order valence-corrected chi connectivity index (χ2v) is 7.42. The quantitative estimate of drug-likeness (QED) is 0.749. The maximum Gasteiger partial charge on any atom is 0.276 e. The van der Waals surface area contributed by atoms with Crippen LogP contribution in [0.4, 0.5) is 5.69 Å². The number of benzene rings is 1. The average Bonchev–Trinajstić information content (AvgIpc) is 3.03. The molecule has 1 aliphatic carbocycles. The highest BCUT2D eigenvalue weighted by atomic mass is 35.5. The van der Waals surface area contributed by atoms with Gasteiger partial charge in [-0.25, -0.2) is 4.52 Å². The number of anilines is 1. The first-order chi connectivity index (χ1) is 13.0. The Balaban J connectivity index is 1.52. The second-order valence-electron chi connectivity index (χ2n) is 6.98. The molecular weight excluding hydrogens is 364 g/mol. The summed E-state index contributed by atoms with van der Waals surface area (Å²) >= 11 is 5.99. The highest BCUT2D eigenvalue weighted by Crippen LogP contribution is 2.23. The molecule has 2 heterocycles. The number of hydrogen-bond acceptors (Lipinski definition) is 3. The van der Waals surface area contributed by atoms with Crippen LogP contribution in [0.1, 0.15) is 36.1 Å². The number of halogens is 1. The number of amides is 1. The zero-order valence-electron chi connectivity index (χ0n) is 15.2. The number of fused-ring (bicyclic) bond motifs is 3. The van der Waals surface area contributed by atoms with Gasteiger partial charge in [-0.3, -0.25) is 9.59 Å². The van der Waals surface area contributed by atoms with Crippen LogP contribution in [0.2, 0.25) is 5.02 Å². The fraction of sp³-hybridized carbons (Fsp3) is 0.350. The summed E-state index contributed by atoms with van der Waals surface area (Å²) in [6.45, 7) is 2.23. The zero-order valence-corrected chi connectivity index (χ0v) is 15.9. The number of nitrogens with zero attached hydrogens (tertiary/aromatic N) is 3. The average molecular weight is 385 g/mol. The number of aromatic nitrogens is 3. The van der Waals surface area contributed by atoms with Crippen molar-refractivity contribution in [1.82, 2.24) is 14.2 Å². The molecule has 3 aromatic rings. The third kappa shape index (κ3) is 3.49. The summed E-state index contributed by atoms with van der Waals surface area (Å²) in [4.78, 5) is 25.2. The van der Waals surface area contributed by atoms with Gasteiger partial charge in [-0.2, -0.15) is 5.10 Å². The molecule has 1 aliphatic rings. The van der Waals surface area contributed by atoms with E-state index in [1.807, 2.05) is 13.0 Å². The van der Waals surface area contributed by atoms with E-state index in [1.165, 1.54) is 0 Å². The van der Waals surface area contributed by atoms with E-state index < -0.39 is 0 Å². The Morgan fingerprint density at radius 3 is 2.93 bits per heavy atom. The predicted octanol–water partition coefficient (Wildman–Crippen LogP) is 3.37. The normalized spacial score (nSPS) is 13.6. The lowest BCUT2D eigenvalue weighted by molar-refractivity contribution is -0.116. The van der Waals surface area contributed by atoms with Gasteiger partial charge in [0.2, 0.25) is 5.91 Å². The third-order valence-corrected chi connectivity index (χ3v) is 5.32. The molecule has 0 saturated carbocycles. The van der Waals surface area contributed by atoms with Crippen molar-refractivity contribution in [3.05, 3.63) is 62.8 Å². The predicted molar refractivity (Wildman–Crippen MR) is 106 cm³/mol. The van der Waals surface area contributed by atoms with Crippen molar-refractivity contribution in [3.8, 4) is 0 Å². The summed E-state index contributed by atoms with van der Waals surface area (Å²) < 4.78 is 3.28. The van der Waals surface area contributed by atoms with Gasteiger partial charge in [0.05, 0.1) is 5.69 Å². The van der Waals surface area contributed by atoms with Gasteiger partial charge < -0.3 is 9.88 Å². The van der Waals surface area contributed by atoms with Crippen LogP contribution in [0.5, 0.6) is 0 Å². The summed E-state index contributed by atoms with van der Waals surface area (Å²) in [6.07, 6.45) is 7.74. The topological polar surface area (TPSA) is 68.4 Å². The van der Waals surface area contributed by atoms with Gasteiger partial charge in [0.15, 0.2) is 0 Å². The molecule has 4 rings (SSSR count). The van der Waals surface area contributed by atoms with E-state index in [-0.39, 0.29) is 17.9 Å². The van der Waals surface area contributed by atoms with Gasteiger partial charge in [0.1, 0.15) is 5.52 Å². The van der Waals surface area contributed by atoms with Crippen molar-refractivity contribution in [2.45, 2.75) is 45.6 Å². The Labute approximate surface area is 161 Å². The molecule has 0 radical (unpaired) electrons. The SMILES string of the molecule is Cc1ccc(Cl)cc1NC(=O)CCn1ccn2nc3c(c2c1=O)CCCC3. The highest BCUT2D eigenvalue weighted by Gasteiger charge is 2.19. The van der Waals surface area contributed by atoms with Gasteiger partial charge in [-0.15, -0.1) is 0 Å². The van der Waals surface area contributed by atoms with E-state index in [9.17, 15) is 9.59 Å². The molecule has 1 aromatic carbocycles. The number of carbonyl (C=O) groups excluding carboxylic acids is 1. The van der Waals surface area contributed by atoms with Crippen molar-refractivity contribution in [2.75, 3.05) is 5.32 Å². The first-order valence-corrected chi connectivity index (χ1v) is 9.56. The molecule has 6 nitrogen and oxygen atoms in total. The van der Waals surface area contributed by atoms with E-state index in [0.717, 1.165) is 42.5 Å². The fourth-order valence-electron chi connectivity index (χ4n) is 3.60. The Morgan fingerprint density at radius 1 is 1.26 bits per heavy atom. The standard InChI is InChI=1S/C20H21ClN4O2/c1-13-6-7-14(21)12-17(13)22-18(26)8-9-24-10-11-25-19(20(24)27)15-4-2-3-5-16(15)23-25/h6-7,10-12H,2-5,8-9H2,1H3,(H,22,26). The molecule has 0 fully saturated rings. The zero-order chi connectivity index (χ0) is 19.0. The minimum atomic E-state index is -0.150. The maximum atomic E-state index is 12.9. The van der Waals surface area contributed by atoms with Crippen molar-refractivity contribution in [1.29, 1.82) is 0 Å². The second kappa shape index (κ2) is 7.19. The lowest BCUT2D eigenvalue weighted by Crippen LogP contribution is -2.25. The number of aryl methyl sites for hydroxylation is 4. The molecule has 1 N–H and O–H groups in total. The molecule has 0 spiro atoms. The van der Waals surface area contributed by atoms with Crippen LogP contribution < -0.4 is 10.9 Å². The van der Waals surface area contributed by atoms with Gasteiger partial charge in [0, 0.05) is 41.6 Å². The Hall–Kier alpha value is -2.60. The van der Waals surface area contributed by atoms with Crippen LogP contribution in [0.15, 0.2) is 35.4 Å². The summed E-state index contributed by atoms with van der Waals surface area (Å²) in [6, 6.07) is 5.37. The third-order valence-electron chi connectivity index (χ3n) is 5.09. The lowest BCUT2D eigenvalue weighted by Gasteiger charge is -2.11. The molecule has 1 amide bonds. The minimum absolute atomic E-state index is 0.0834. The smallest absolute Gasteiger partial charge is 0.276 e. The first kappa shape index (κ1) is 17.8. The summed E-state index contributed by atoms with van der Waals surface area (Å²) in [5.41, 5.74) is 4.31. The Kier molecular flexibility index (Phi) is 4.74. The number of carbonyl (C=O) groups is 1. The monoisotopic (exact) mass is 384 g/mol. The largest absolute Gasteiger partial charge is 0.326 e. The van der Waals surface area contributed by atoms with Crippen molar-refractivity contribution >= 4 is 28.7 Å². The summed E-state index contributed by atoms with van der Waals surface area (Å²) in [5.74, 6) is -0.150. The van der Waals surface area contributed by atoms with Gasteiger partial charge >= 0.3 is 0 Å². The number of hydrogen-bond donors (Lipinski definition) is 1. The summed E-state index contributed by atoms with van der Waals surface area (Å²) in [7, 11) is 0. The van der Waals surface area contributed by atoms with Gasteiger partial charge in [-0.1, -0.05) is 17.7 Å². The van der Waals surface area contributed by atoms with E-state index in [2.05, 4.69) is 10.4 Å². The molecule has 0 unspecified atom stereocenters. The summed E-state index contributed by atoms with van der Waals surface area (Å²) in [5, 5.41) is 7.97. The molecule has 7 heteroatoms. The minimum Gasteiger partial charge on any atom is -0.326 e. The maximum absolute atomic E-state index is 12.9. The Morgan fingerprint density at radius 2 is 2.07 bits per heavy atom. The van der Waals surface area contributed by atoms with E-state index in [4.69, 9.17) is 11.6 Å². The Bertz CT molecular complexity index is 1080. The van der Waals surface area contributed by atoms with Crippen molar-refractivity contribution in [3.63, 3.8) is 0 Å². The van der Waals surface area contributed by atoms with Gasteiger partial charge in [-0.05, 0) is 50.3 Å². The van der Waals surface area contributed by atoms with Crippen molar-refractivity contribution in [2.24, 2.45) is 0 Å². The number of nitrogens with one attached hydrogen (secondary N) is 1. The van der Waals surface area contributed by atoms with Crippen molar-refractivity contribution < 1.29 is 4.79 Å². The molecule has 0 saturated heterocycles. The molecular formula is C20H21ClN4O2. The van der Waals surface area contributed by atoms with Crippen LogP contribution in [0.3, 0.4) is 0 Å². The molecule has 0 atom stereocenters. The molecule has 2 aromatic heterocycles. The molecule has 0 bridgehead atoms. The number of rotatable bonds is 4. The van der Waals surface area contributed by atoms with Crippen LogP contribution in [0, 0.1) is 6.92 Å². The van der Waals surface area contributed by atoms with Crippen LogP contribution >= 0.6 is 11.6 Å². The molecule has 140 valence electrons. The lowest BCUT2D eigenvalue weighted by atomic mass is 9.97. The highest BCUT2D eigenvalue weighted by molar-refractivity contribution is 6.31. The van der Waals surface area contributed by atoms with E-state index in [0.29, 0.717) is 22.8 Å². The fourth-order valence-corrected chi connectivity index (χ4v) is 3.77. The van der Waals surface area contributed by atoms with Crippen LogP contribution in [-0.4, -0.2) is 20.1 Å². The first-order valence-electron chi connectivity index (χ1n) is 9.18. The van der Waals surface area contributed by atoms with E-state index in [1.54, 1.807) is 33.6 Å². The van der Waals surface area contributed by atoms with Gasteiger partial charge in [0.25, 0.3) is 5.56 Å². The van der Waals surface area contributed by atoms with Crippen LogP contribution in [0.25, 0.3) is 5.52 Å². The molecule has 0 aliphatic heterocycles. The van der Waals surface area contributed by atoms with Crippen LogP contribution in [-0.2, 0) is 24.2 Å². The van der Waals surface area contributed by atoms with E-state index >= 15 is 0 Å². The molecule has 27 heavy (non-hydrogen) atoms.